The Kier molecular flexibility index (Phi) is 14.6. The molecule has 16 heteroatoms. The van der Waals surface area contributed by atoms with Crippen LogP contribution in [-0.2, 0) is 33.3 Å². The third kappa shape index (κ3) is 9.79. The quantitative estimate of drug-likeness (QED) is 0.100. The Morgan fingerprint density at radius 1 is 0.750 bits per heavy atom. The minimum absolute atomic E-state index is 0.195. The van der Waals surface area contributed by atoms with E-state index in [4.69, 9.17) is 23.9 Å². The fourth-order valence-corrected chi connectivity index (χ4v) is 8.04. The van der Waals surface area contributed by atoms with Gasteiger partial charge in [-0.3, -0.25) is 19.7 Å². The maximum absolute atomic E-state index is 13.7. The van der Waals surface area contributed by atoms with Gasteiger partial charge in [-0.15, -0.1) is 0 Å². The molecule has 0 bridgehead atoms. The number of rotatable bonds is 16. The smallest absolute Gasteiger partial charge is 0.407 e. The molecule has 3 aromatic carbocycles. The van der Waals surface area contributed by atoms with Crippen molar-refractivity contribution in [2.45, 2.75) is 95.3 Å². The summed E-state index contributed by atoms with van der Waals surface area (Å²) in [7, 11) is 5.55. The number of hydrogen-bond donors (Lipinski definition) is 5. The number of nitrogens with zero attached hydrogens (tertiary/aromatic N) is 3. The predicted molar refractivity (Wildman–Crippen MR) is 224 cm³/mol. The van der Waals surface area contributed by atoms with E-state index >= 15 is 0 Å². The Morgan fingerprint density at radius 2 is 1.35 bits per heavy atom. The van der Waals surface area contributed by atoms with Crippen LogP contribution in [0.15, 0.2) is 66.9 Å². The number of likely N-dealkylation sites (tertiary alicyclic amines) is 2. The number of benzene rings is 3. The van der Waals surface area contributed by atoms with Gasteiger partial charge in [0.2, 0.25) is 24.1 Å². The second-order valence-corrected chi connectivity index (χ2v) is 15.4. The molecule has 2 saturated heterocycles. The summed E-state index contributed by atoms with van der Waals surface area (Å²) in [5.74, 6) is -0.145. The molecule has 0 saturated carbocycles. The summed E-state index contributed by atoms with van der Waals surface area (Å²) in [6.45, 7) is 6.32. The zero-order valence-corrected chi connectivity index (χ0v) is 35.3. The fourth-order valence-electron chi connectivity index (χ4n) is 8.04. The molecule has 2 aliphatic rings. The van der Waals surface area contributed by atoms with E-state index in [9.17, 15) is 24.3 Å². The van der Waals surface area contributed by atoms with Gasteiger partial charge in [0, 0.05) is 40.0 Å². The van der Waals surface area contributed by atoms with E-state index < -0.39 is 48.7 Å². The summed E-state index contributed by atoms with van der Waals surface area (Å²) >= 11 is 0. The molecule has 0 aliphatic carbocycles. The number of carbonyl (C=O) groups excluding carboxylic acids is 4. The minimum atomic E-state index is -1.31. The highest BCUT2D eigenvalue weighted by Gasteiger charge is 2.41. The number of aliphatic hydroxyl groups is 1. The summed E-state index contributed by atoms with van der Waals surface area (Å²) in [6, 6.07) is 17.6. The highest BCUT2D eigenvalue weighted by Crippen LogP contribution is 2.34. The second kappa shape index (κ2) is 19.8. The Hall–Kier alpha value is -5.39. The van der Waals surface area contributed by atoms with E-state index in [-0.39, 0.29) is 23.9 Å². The van der Waals surface area contributed by atoms with Gasteiger partial charge in [0.05, 0.1) is 43.3 Å². The minimum Gasteiger partial charge on any atom is -0.453 e. The zero-order valence-electron chi connectivity index (χ0n) is 35.3. The van der Waals surface area contributed by atoms with E-state index in [1.165, 1.54) is 33.3 Å². The van der Waals surface area contributed by atoms with Crippen molar-refractivity contribution in [2.24, 2.45) is 0 Å². The van der Waals surface area contributed by atoms with Crippen molar-refractivity contribution in [3.05, 3.63) is 78.2 Å². The number of methoxy groups -OCH3 is 4. The van der Waals surface area contributed by atoms with Crippen LogP contribution in [0.5, 0.6) is 0 Å². The van der Waals surface area contributed by atoms with Crippen LogP contribution < -0.4 is 16.0 Å². The van der Waals surface area contributed by atoms with Gasteiger partial charge in [-0.25, -0.2) is 9.78 Å². The van der Waals surface area contributed by atoms with Crippen molar-refractivity contribution in [1.82, 2.24) is 35.7 Å². The highest BCUT2D eigenvalue weighted by molar-refractivity contribution is 5.93. The molecular formula is C44H57N7O9. The lowest BCUT2D eigenvalue weighted by molar-refractivity contribution is -0.148. The fraction of sp³-hybridized carbons (Fsp3) is 0.477. The Bertz CT molecular complexity index is 2130. The first-order chi connectivity index (χ1) is 28.9. The van der Waals surface area contributed by atoms with Gasteiger partial charge in [-0.1, -0.05) is 48.5 Å². The largest absolute Gasteiger partial charge is 0.453 e. The maximum Gasteiger partial charge on any atom is 0.407 e. The molecule has 0 spiro atoms. The molecule has 5 N–H and O–H groups in total. The lowest BCUT2D eigenvalue weighted by Crippen LogP contribution is -2.57. The molecule has 8 unspecified atom stereocenters. The van der Waals surface area contributed by atoms with Crippen molar-refractivity contribution in [3.63, 3.8) is 0 Å². The van der Waals surface area contributed by atoms with E-state index in [0.29, 0.717) is 31.8 Å². The van der Waals surface area contributed by atoms with E-state index in [2.05, 4.69) is 51.3 Å². The molecule has 2 fully saturated rings. The molecule has 322 valence electrons. The number of carbonyl (C=O) groups is 4. The van der Waals surface area contributed by atoms with Crippen LogP contribution in [0.4, 0.5) is 4.79 Å². The number of fused-ring (bicyclic) bond motifs is 1. The predicted octanol–water partition coefficient (Wildman–Crippen LogP) is 4.40. The molecule has 1 aromatic heterocycles. The molecule has 16 nitrogen and oxygen atoms in total. The van der Waals surface area contributed by atoms with Crippen LogP contribution in [0.3, 0.4) is 0 Å². The van der Waals surface area contributed by atoms with Gasteiger partial charge < -0.3 is 49.5 Å². The van der Waals surface area contributed by atoms with Crippen LogP contribution in [0.25, 0.3) is 33.2 Å². The molecule has 4 aromatic rings. The number of alkyl carbamates (subject to hydrolysis) is 1. The SMILES string of the molecule is COC(=O)NC(C(=O)N1CCCC1C(=O)NC(C)c1ccc(-c2ccc3cc(-c4cnc(C5CCCN5C(=O)C(NC(O)OC)C(C)OC)[nH]4)ccc3c2)cc1)C(C)OC. The van der Waals surface area contributed by atoms with Crippen molar-refractivity contribution in [3.8, 4) is 22.4 Å². The summed E-state index contributed by atoms with van der Waals surface area (Å²) in [6.07, 6.45) is 1.36. The lowest BCUT2D eigenvalue weighted by Gasteiger charge is -2.31. The Balaban J connectivity index is 1.10. The average molecular weight is 828 g/mol. The van der Waals surface area contributed by atoms with E-state index in [1.807, 2.05) is 37.3 Å². The number of amides is 4. The number of aromatic amines is 1. The van der Waals surface area contributed by atoms with Gasteiger partial charge in [-0.2, -0.15) is 0 Å². The number of imidazole rings is 1. The number of ether oxygens (including phenoxy) is 4. The zero-order chi connectivity index (χ0) is 43.1. The lowest BCUT2D eigenvalue weighted by atomic mass is 9.97. The third-order valence-corrected chi connectivity index (χ3v) is 11.8. The number of H-pyrrole nitrogens is 1. The second-order valence-electron chi connectivity index (χ2n) is 15.4. The van der Waals surface area contributed by atoms with E-state index in [0.717, 1.165) is 51.6 Å². The molecule has 6 rings (SSSR count). The number of aromatic nitrogens is 2. The first-order valence-corrected chi connectivity index (χ1v) is 20.3. The number of aliphatic hydroxyl groups excluding tert-OH is 1. The van der Waals surface area contributed by atoms with Crippen molar-refractivity contribution < 1.29 is 43.2 Å². The average Bonchev–Trinajstić information content (AvgIpc) is 4.08. The van der Waals surface area contributed by atoms with Crippen LogP contribution >= 0.6 is 0 Å². The van der Waals surface area contributed by atoms with Gasteiger partial charge in [-0.05, 0) is 86.1 Å². The summed E-state index contributed by atoms with van der Waals surface area (Å²) < 4.78 is 20.4. The first-order valence-electron chi connectivity index (χ1n) is 20.3. The van der Waals surface area contributed by atoms with Gasteiger partial charge in [0.25, 0.3) is 0 Å². The molecular weight excluding hydrogens is 771 g/mol. The first kappa shape index (κ1) is 44.2. The van der Waals surface area contributed by atoms with E-state index in [1.54, 1.807) is 24.9 Å². The molecule has 0 radical (unpaired) electrons. The summed E-state index contributed by atoms with van der Waals surface area (Å²) in [5.41, 5.74) is 4.79. The molecule has 3 heterocycles. The number of nitrogens with one attached hydrogen (secondary N) is 4. The third-order valence-electron chi connectivity index (χ3n) is 11.8. The number of hydrogen-bond acceptors (Lipinski definition) is 11. The van der Waals surface area contributed by atoms with Crippen molar-refractivity contribution >= 4 is 34.6 Å². The molecule has 8 atom stereocenters. The summed E-state index contributed by atoms with van der Waals surface area (Å²) in [5, 5.41) is 20.6. The van der Waals surface area contributed by atoms with Crippen LogP contribution in [-0.4, -0.2) is 127 Å². The van der Waals surface area contributed by atoms with Crippen LogP contribution in [0.2, 0.25) is 0 Å². The van der Waals surface area contributed by atoms with Gasteiger partial charge in [0.1, 0.15) is 23.9 Å². The van der Waals surface area contributed by atoms with Crippen molar-refractivity contribution in [1.29, 1.82) is 0 Å². The highest BCUT2D eigenvalue weighted by atomic mass is 16.6. The molecule has 4 amide bonds. The summed E-state index contributed by atoms with van der Waals surface area (Å²) in [4.78, 5) is 64.2. The van der Waals surface area contributed by atoms with Crippen LogP contribution in [0, 0.1) is 0 Å². The van der Waals surface area contributed by atoms with Gasteiger partial charge in [0.15, 0.2) is 0 Å². The van der Waals surface area contributed by atoms with Gasteiger partial charge >= 0.3 is 6.09 Å². The topological polar surface area (TPSA) is 197 Å². The molecule has 2 aliphatic heterocycles. The standard InChI is InChI=1S/C44H57N7O9/c1-25(46-40(52)36-11-9-21-51(36)42(54)38(27(3)58-5)49-44(56)60-7)28-12-14-29(15-13-28)30-16-17-32-23-33(19-18-31(32)22-30)34-24-45-39(47-34)35-10-8-20-50(35)41(53)37(26(2)57-4)48-43(55)59-6/h12-19,22-27,35-38,43,48,55H,8-11,20-21H2,1-7H3,(H,45,47)(H,46,52)(H,49,56). The normalized spacial score (nSPS) is 19.7. The molecule has 60 heavy (non-hydrogen) atoms. The van der Waals surface area contributed by atoms with Crippen LogP contribution in [0.1, 0.15) is 69.9 Å². The Labute approximate surface area is 350 Å². The monoisotopic (exact) mass is 827 g/mol. The van der Waals surface area contributed by atoms with Crippen molar-refractivity contribution in [2.75, 3.05) is 41.5 Å². The maximum atomic E-state index is 13.7. The Morgan fingerprint density at radius 3 is 2.02 bits per heavy atom.